The second-order valence-corrected chi connectivity index (χ2v) is 3.76. The van der Waals surface area contributed by atoms with E-state index in [1.807, 2.05) is 24.3 Å². The van der Waals surface area contributed by atoms with Crippen LogP contribution in [0.5, 0.6) is 5.88 Å². The molecule has 1 aromatic heterocycles. The van der Waals surface area contributed by atoms with Crippen LogP contribution >= 0.6 is 11.6 Å². The van der Waals surface area contributed by atoms with Gasteiger partial charge in [-0.1, -0.05) is 35.9 Å². The van der Waals surface area contributed by atoms with E-state index in [0.717, 1.165) is 5.56 Å². The van der Waals surface area contributed by atoms with E-state index < -0.39 is 0 Å². The maximum absolute atomic E-state index is 8.70. The molecule has 0 radical (unpaired) electrons. The van der Waals surface area contributed by atoms with E-state index >= 15 is 0 Å². The largest absolute Gasteiger partial charge is 0.473 e. The number of benzene rings is 1. The van der Waals surface area contributed by atoms with Crippen LogP contribution < -0.4 is 4.74 Å². The van der Waals surface area contributed by atoms with Gasteiger partial charge in [0.1, 0.15) is 18.4 Å². The molecule has 0 unspecified atom stereocenters. The Labute approximate surface area is 104 Å². The highest BCUT2D eigenvalue weighted by Gasteiger charge is 2.01. The van der Waals surface area contributed by atoms with Crippen LogP contribution in [0.4, 0.5) is 0 Å². The number of rotatable bonds is 3. The van der Waals surface area contributed by atoms with Gasteiger partial charge in [0, 0.05) is 16.7 Å². The van der Waals surface area contributed by atoms with Gasteiger partial charge >= 0.3 is 0 Å². The van der Waals surface area contributed by atoms with Crippen molar-refractivity contribution in [3.8, 4) is 11.9 Å². The molecular weight excluding hydrogens is 236 g/mol. The Balaban J connectivity index is 2.08. The van der Waals surface area contributed by atoms with Crippen LogP contribution in [0.15, 0.2) is 42.5 Å². The van der Waals surface area contributed by atoms with Crippen LogP contribution in [0.25, 0.3) is 0 Å². The Hall–Kier alpha value is -2.05. The Morgan fingerprint density at radius 2 is 2.00 bits per heavy atom. The lowest BCUT2D eigenvalue weighted by atomic mass is 10.2. The fourth-order valence-electron chi connectivity index (χ4n) is 1.32. The van der Waals surface area contributed by atoms with Crippen LogP contribution in [0.3, 0.4) is 0 Å². The number of nitriles is 1. The molecule has 0 N–H and O–H groups in total. The van der Waals surface area contributed by atoms with Gasteiger partial charge in [0.2, 0.25) is 5.88 Å². The van der Waals surface area contributed by atoms with Crippen molar-refractivity contribution in [3.05, 3.63) is 58.7 Å². The minimum Gasteiger partial charge on any atom is -0.473 e. The quantitative estimate of drug-likeness (QED) is 0.833. The summed E-state index contributed by atoms with van der Waals surface area (Å²) in [7, 11) is 0. The van der Waals surface area contributed by atoms with Crippen molar-refractivity contribution in [1.82, 2.24) is 4.98 Å². The summed E-state index contributed by atoms with van der Waals surface area (Å²) in [6, 6.07) is 14.5. The second kappa shape index (κ2) is 5.33. The summed E-state index contributed by atoms with van der Waals surface area (Å²) in [5.41, 5.74) is 1.22. The lowest BCUT2D eigenvalue weighted by Gasteiger charge is -2.06. The molecular formula is C13H9ClN2O. The third-order valence-corrected chi connectivity index (χ3v) is 2.54. The normalized spacial score (nSPS) is 9.65. The van der Waals surface area contributed by atoms with Crippen molar-refractivity contribution in [3.63, 3.8) is 0 Å². The molecule has 0 aliphatic carbocycles. The predicted molar refractivity (Wildman–Crippen MR) is 64.7 cm³/mol. The van der Waals surface area contributed by atoms with Crippen LogP contribution in [-0.4, -0.2) is 4.98 Å². The predicted octanol–water partition coefficient (Wildman–Crippen LogP) is 3.19. The Morgan fingerprint density at radius 1 is 1.18 bits per heavy atom. The Kier molecular flexibility index (Phi) is 3.59. The van der Waals surface area contributed by atoms with Gasteiger partial charge in [0.05, 0.1) is 0 Å². The van der Waals surface area contributed by atoms with Gasteiger partial charge in [-0.2, -0.15) is 5.26 Å². The highest BCUT2D eigenvalue weighted by Crippen LogP contribution is 2.17. The van der Waals surface area contributed by atoms with Crippen molar-refractivity contribution in [2.24, 2.45) is 0 Å². The molecule has 0 saturated heterocycles. The molecule has 0 aliphatic rings. The summed E-state index contributed by atoms with van der Waals surface area (Å²) >= 11 is 6.00. The Bertz CT molecular complexity index is 563. The zero-order chi connectivity index (χ0) is 12.1. The molecule has 2 rings (SSSR count). The minimum absolute atomic E-state index is 0.335. The first kappa shape index (κ1) is 11.4. The van der Waals surface area contributed by atoms with E-state index in [0.29, 0.717) is 23.2 Å². The number of halogens is 1. The SMILES string of the molecule is N#Cc1cccc(OCc2ccccc2Cl)n1. The highest BCUT2D eigenvalue weighted by atomic mass is 35.5. The highest BCUT2D eigenvalue weighted by molar-refractivity contribution is 6.31. The molecule has 84 valence electrons. The lowest BCUT2D eigenvalue weighted by molar-refractivity contribution is 0.294. The summed E-state index contributed by atoms with van der Waals surface area (Å²) in [6.07, 6.45) is 0. The van der Waals surface area contributed by atoms with Crippen molar-refractivity contribution >= 4 is 11.6 Å². The van der Waals surface area contributed by atoms with Gasteiger partial charge in [-0.05, 0) is 12.1 Å². The molecule has 0 amide bonds. The molecule has 0 spiro atoms. The first-order valence-electron chi connectivity index (χ1n) is 5.03. The topological polar surface area (TPSA) is 45.9 Å². The van der Waals surface area contributed by atoms with Crippen molar-refractivity contribution < 1.29 is 4.74 Å². The molecule has 4 heteroatoms. The van der Waals surface area contributed by atoms with Crippen LogP contribution in [0, 0.1) is 11.3 Å². The molecule has 0 aliphatic heterocycles. The zero-order valence-corrected chi connectivity index (χ0v) is 9.69. The molecule has 17 heavy (non-hydrogen) atoms. The average molecular weight is 245 g/mol. The van der Waals surface area contributed by atoms with E-state index in [9.17, 15) is 0 Å². The first-order chi connectivity index (χ1) is 8.29. The van der Waals surface area contributed by atoms with Gasteiger partial charge in [-0.15, -0.1) is 0 Å². The van der Waals surface area contributed by atoms with Gasteiger partial charge in [-0.25, -0.2) is 4.98 Å². The van der Waals surface area contributed by atoms with Gasteiger partial charge in [0.15, 0.2) is 0 Å². The first-order valence-corrected chi connectivity index (χ1v) is 5.41. The van der Waals surface area contributed by atoms with Gasteiger partial charge in [-0.3, -0.25) is 0 Å². The summed E-state index contributed by atoms with van der Waals surface area (Å²) in [5.74, 6) is 0.420. The van der Waals surface area contributed by atoms with E-state index in [2.05, 4.69) is 4.98 Å². The van der Waals surface area contributed by atoms with Gasteiger partial charge in [0.25, 0.3) is 0 Å². The number of aromatic nitrogens is 1. The molecule has 0 atom stereocenters. The fraction of sp³-hybridized carbons (Fsp3) is 0.0769. The number of hydrogen-bond acceptors (Lipinski definition) is 3. The zero-order valence-electron chi connectivity index (χ0n) is 8.93. The van der Waals surface area contributed by atoms with E-state index in [4.69, 9.17) is 21.6 Å². The number of pyridine rings is 1. The van der Waals surface area contributed by atoms with E-state index in [1.165, 1.54) is 0 Å². The summed E-state index contributed by atoms with van der Waals surface area (Å²) in [6.45, 7) is 0.335. The standard InChI is InChI=1S/C13H9ClN2O/c14-12-6-2-1-4-10(12)9-17-13-7-3-5-11(8-15)16-13/h1-7H,9H2. The summed E-state index contributed by atoms with van der Waals surface area (Å²) in [5, 5.41) is 9.36. The summed E-state index contributed by atoms with van der Waals surface area (Å²) < 4.78 is 5.47. The minimum atomic E-state index is 0.335. The number of hydrogen-bond donors (Lipinski definition) is 0. The molecule has 0 saturated carbocycles. The molecule has 1 heterocycles. The number of nitrogens with zero attached hydrogens (tertiary/aromatic N) is 2. The number of ether oxygens (including phenoxy) is 1. The third kappa shape index (κ3) is 2.96. The monoisotopic (exact) mass is 244 g/mol. The molecule has 2 aromatic rings. The van der Waals surface area contributed by atoms with Crippen LogP contribution in [0.2, 0.25) is 5.02 Å². The Morgan fingerprint density at radius 3 is 2.76 bits per heavy atom. The molecule has 3 nitrogen and oxygen atoms in total. The maximum Gasteiger partial charge on any atom is 0.214 e. The second-order valence-electron chi connectivity index (χ2n) is 3.35. The lowest BCUT2D eigenvalue weighted by Crippen LogP contribution is -1.98. The van der Waals surface area contributed by atoms with Gasteiger partial charge < -0.3 is 4.74 Å². The molecule has 0 fully saturated rings. The average Bonchev–Trinajstić information content (AvgIpc) is 2.38. The van der Waals surface area contributed by atoms with Crippen molar-refractivity contribution in [1.29, 1.82) is 5.26 Å². The maximum atomic E-state index is 8.70. The summed E-state index contributed by atoms with van der Waals surface area (Å²) in [4.78, 5) is 4.01. The van der Waals surface area contributed by atoms with Crippen molar-refractivity contribution in [2.45, 2.75) is 6.61 Å². The third-order valence-electron chi connectivity index (χ3n) is 2.17. The smallest absolute Gasteiger partial charge is 0.214 e. The molecule has 0 bridgehead atoms. The fourth-order valence-corrected chi connectivity index (χ4v) is 1.51. The van der Waals surface area contributed by atoms with E-state index in [1.54, 1.807) is 24.3 Å². The van der Waals surface area contributed by atoms with Crippen LogP contribution in [-0.2, 0) is 6.61 Å². The van der Waals surface area contributed by atoms with E-state index in [-0.39, 0.29) is 0 Å². The van der Waals surface area contributed by atoms with Crippen LogP contribution in [0.1, 0.15) is 11.3 Å². The molecule has 1 aromatic carbocycles. The van der Waals surface area contributed by atoms with Crippen molar-refractivity contribution in [2.75, 3.05) is 0 Å².